The quantitative estimate of drug-likeness (QED) is 0.0258. The molecule has 39 heavy (non-hydrogen) atoms. The molecule has 14 N–H and O–H groups in total. The van der Waals surface area contributed by atoms with E-state index in [1.807, 2.05) is 0 Å². The second-order valence-electron chi connectivity index (χ2n) is 6.62. The number of carbonyl (C=O) groups excluding carboxylic acids is 2. The summed E-state index contributed by atoms with van der Waals surface area (Å²) in [6.07, 6.45) is 0. The van der Waals surface area contributed by atoms with Crippen LogP contribution < -0.4 is 32.6 Å². The van der Waals surface area contributed by atoms with Gasteiger partial charge < -0.3 is 50.5 Å². The summed E-state index contributed by atoms with van der Waals surface area (Å²) >= 11 is 0. The number of aromatic hydroxyl groups is 4. The van der Waals surface area contributed by atoms with Crippen molar-refractivity contribution in [3.05, 3.63) is 35.4 Å². The fraction of sp³-hybridized carbons (Fsp3) is 0.111. The highest BCUT2D eigenvalue weighted by Crippen LogP contribution is 2.37. The maximum Gasteiger partial charge on any atom is 0.275 e. The smallest absolute Gasteiger partial charge is 0.275 e. The first kappa shape index (κ1) is 33.9. The minimum atomic E-state index is -5.17. The molecule has 2 aromatic rings. The van der Waals surface area contributed by atoms with Gasteiger partial charge in [-0.3, -0.25) is 28.8 Å². The Balaban J connectivity index is 0.000000632. The van der Waals surface area contributed by atoms with Crippen molar-refractivity contribution in [3.63, 3.8) is 0 Å². The average molecular weight is 577 g/mol. The highest BCUT2D eigenvalue weighted by atomic mass is 32.3. The molecule has 0 heterocycles. The fourth-order valence-corrected chi connectivity index (χ4v) is 2.24. The van der Waals surface area contributed by atoms with Crippen LogP contribution in [0.5, 0.6) is 34.5 Å². The zero-order valence-corrected chi connectivity index (χ0v) is 20.8. The molecule has 20 nitrogen and oxygen atoms in total. The summed E-state index contributed by atoms with van der Waals surface area (Å²) in [5.41, 5.74) is 9.92. The van der Waals surface area contributed by atoms with Gasteiger partial charge in [0.05, 0.1) is 14.2 Å². The minimum absolute atomic E-state index is 0.0742. The lowest BCUT2D eigenvalue weighted by Gasteiger charge is -2.15. The van der Waals surface area contributed by atoms with Crippen LogP contribution in [0.3, 0.4) is 0 Å². The van der Waals surface area contributed by atoms with Crippen LogP contribution in [-0.4, -0.2) is 85.9 Å². The van der Waals surface area contributed by atoms with Gasteiger partial charge in [-0.15, -0.1) is 0 Å². The van der Waals surface area contributed by atoms with E-state index in [-0.39, 0.29) is 22.6 Å². The molecule has 0 radical (unpaired) electrons. The van der Waals surface area contributed by atoms with Crippen molar-refractivity contribution >= 4 is 34.1 Å². The third kappa shape index (κ3) is 10.4. The monoisotopic (exact) mass is 576 g/mol. The maximum absolute atomic E-state index is 11.6. The second-order valence-corrected chi connectivity index (χ2v) is 7.44. The largest absolute Gasteiger partial charge is 0.759 e. The Labute approximate surface area is 219 Å². The van der Waals surface area contributed by atoms with Gasteiger partial charge in [-0.25, -0.2) is 21.7 Å². The molecule has 0 bridgehead atoms. The third-order valence-electron chi connectivity index (χ3n) is 4.00. The molecule has 0 aliphatic carbocycles. The molecule has 0 atom stereocenters. The Kier molecular flexibility index (Phi) is 12.2. The molecule has 0 aliphatic rings. The van der Waals surface area contributed by atoms with Gasteiger partial charge in [0.25, 0.3) is 11.8 Å². The van der Waals surface area contributed by atoms with Crippen LogP contribution in [0.15, 0.2) is 24.3 Å². The first-order chi connectivity index (χ1) is 17.8. The van der Waals surface area contributed by atoms with Gasteiger partial charge >= 0.3 is 0 Å². The van der Waals surface area contributed by atoms with Gasteiger partial charge in [-0.05, 0) is 24.3 Å². The molecule has 216 valence electrons. The van der Waals surface area contributed by atoms with E-state index in [1.54, 1.807) is 0 Å². The Morgan fingerprint density at radius 1 is 0.769 bits per heavy atom. The van der Waals surface area contributed by atoms with Crippen molar-refractivity contribution < 1.29 is 57.0 Å². The van der Waals surface area contributed by atoms with Crippen molar-refractivity contribution in [1.82, 2.24) is 10.0 Å². The lowest BCUT2D eigenvalue weighted by molar-refractivity contribution is 0.0836. The molecule has 0 spiro atoms. The van der Waals surface area contributed by atoms with Crippen LogP contribution in [-0.2, 0) is 10.4 Å². The van der Waals surface area contributed by atoms with Crippen molar-refractivity contribution in [1.29, 1.82) is 10.8 Å². The van der Waals surface area contributed by atoms with Crippen molar-refractivity contribution in [2.45, 2.75) is 0 Å². The van der Waals surface area contributed by atoms with Crippen LogP contribution in [0.25, 0.3) is 0 Å². The lowest BCUT2D eigenvalue weighted by atomic mass is 10.1. The summed E-state index contributed by atoms with van der Waals surface area (Å²) in [7, 11) is -2.65. The van der Waals surface area contributed by atoms with E-state index in [4.69, 9.17) is 61.0 Å². The van der Waals surface area contributed by atoms with Gasteiger partial charge in [0.15, 0.2) is 23.0 Å². The third-order valence-corrected chi connectivity index (χ3v) is 4.00. The number of nitrogens with zero attached hydrogens (tertiary/aromatic N) is 2. The van der Waals surface area contributed by atoms with Crippen LogP contribution in [0.2, 0.25) is 0 Å². The van der Waals surface area contributed by atoms with Crippen molar-refractivity contribution in [2.75, 3.05) is 14.2 Å². The predicted octanol–water partition coefficient (Wildman–Crippen LogP) is -2.71. The SMILES string of the molecule is COc1cc(C(=O)N(N)C(=N)N)cc(O)c1O.COc1cc(C(=O)N(N)C(=N)N)cc(O)c1O.O=S(=O)([O-])[O-]. The number of ether oxygens (including phenoxy) is 2. The van der Waals surface area contributed by atoms with E-state index >= 15 is 0 Å². The maximum atomic E-state index is 11.6. The predicted molar refractivity (Wildman–Crippen MR) is 128 cm³/mol. The van der Waals surface area contributed by atoms with E-state index in [9.17, 15) is 30.0 Å². The minimum Gasteiger partial charge on any atom is -0.759 e. The zero-order valence-electron chi connectivity index (χ0n) is 20.0. The molecule has 2 aromatic carbocycles. The van der Waals surface area contributed by atoms with E-state index < -0.39 is 57.1 Å². The molecule has 0 aliphatic heterocycles. The molecule has 0 aromatic heterocycles. The number of hydrogen-bond donors (Lipinski definition) is 10. The molecular formula is C18H24N8O12S-2. The van der Waals surface area contributed by atoms with Crippen LogP contribution >= 0.6 is 0 Å². The van der Waals surface area contributed by atoms with Gasteiger partial charge in [0, 0.05) is 21.5 Å². The van der Waals surface area contributed by atoms with Crippen LogP contribution in [0.1, 0.15) is 20.7 Å². The number of carbonyl (C=O) groups is 2. The number of nitrogens with two attached hydrogens (primary N) is 4. The van der Waals surface area contributed by atoms with Gasteiger partial charge in [0.2, 0.25) is 23.4 Å². The van der Waals surface area contributed by atoms with E-state index in [1.165, 1.54) is 26.4 Å². The van der Waals surface area contributed by atoms with Gasteiger partial charge in [-0.2, -0.15) is 0 Å². The Hall–Kier alpha value is -5.09. The number of amides is 2. The molecular weight excluding hydrogens is 552 g/mol. The Morgan fingerprint density at radius 3 is 1.23 bits per heavy atom. The number of hydrogen-bond acceptors (Lipinski definition) is 16. The van der Waals surface area contributed by atoms with Crippen LogP contribution in [0.4, 0.5) is 0 Å². The molecule has 0 saturated carbocycles. The fourth-order valence-electron chi connectivity index (χ4n) is 2.24. The highest BCUT2D eigenvalue weighted by molar-refractivity contribution is 7.79. The Bertz CT molecular complexity index is 1260. The summed E-state index contributed by atoms with van der Waals surface area (Å²) in [6.45, 7) is 0. The van der Waals surface area contributed by atoms with E-state index in [0.717, 1.165) is 12.1 Å². The van der Waals surface area contributed by atoms with E-state index in [0.29, 0.717) is 10.0 Å². The summed E-state index contributed by atoms with van der Waals surface area (Å²) < 4.78 is 43.6. The van der Waals surface area contributed by atoms with Crippen LogP contribution in [0, 0.1) is 10.8 Å². The number of nitrogens with one attached hydrogen (secondary N) is 2. The van der Waals surface area contributed by atoms with Crippen molar-refractivity contribution in [2.24, 2.45) is 23.2 Å². The standard InChI is InChI=1S/2C9H12N4O4.H2O4S/c2*1-17-6-3-4(2-5(14)7(6)15)8(16)13(12)9(10)11;1-5(2,3)4/h2*2-3,14-15H,12H2,1H3,(H3,10,11);(H2,1,2,3,4)/p-2. The molecule has 21 heteroatoms. The number of guanidine groups is 2. The van der Waals surface area contributed by atoms with Crippen molar-refractivity contribution in [3.8, 4) is 34.5 Å². The topological polar surface area (TPSA) is 372 Å². The lowest BCUT2D eigenvalue weighted by Crippen LogP contribution is -2.46. The number of phenolic OH excluding ortho intramolecular Hbond substituents is 4. The number of phenols is 4. The van der Waals surface area contributed by atoms with Gasteiger partial charge in [0.1, 0.15) is 0 Å². The normalized spacial score (nSPS) is 10.0. The zero-order chi connectivity index (χ0) is 30.8. The van der Waals surface area contributed by atoms with E-state index in [2.05, 4.69) is 0 Å². The summed E-state index contributed by atoms with van der Waals surface area (Å²) in [4.78, 5) is 23.3. The first-order valence-electron chi connectivity index (χ1n) is 9.49. The number of hydrazine groups is 2. The molecule has 2 amide bonds. The molecule has 0 saturated heterocycles. The highest BCUT2D eigenvalue weighted by Gasteiger charge is 2.20. The summed E-state index contributed by atoms with van der Waals surface area (Å²) in [5.74, 6) is 5.27. The number of methoxy groups -OCH3 is 2. The summed E-state index contributed by atoms with van der Waals surface area (Å²) in [6, 6.07) is 4.31. The Morgan fingerprint density at radius 2 is 1.03 bits per heavy atom. The molecule has 2 rings (SSSR count). The molecule has 0 unspecified atom stereocenters. The summed E-state index contributed by atoms with van der Waals surface area (Å²) in [5, 5.41) is 52.2. The number of benzene rings is 2. The number of rotatable bonds is 4. The van der Waals surface area contributed by atoms with Gasteiger partial charge in [-0.1, -0.05) is 0 Å². The molecule has 0 fully saturated rings. The average Bonchev–Trinajstić information content (AvgIpc) is 2.84. The first-order valence-corrected chi connectivity index (χ1v) is 10.8. The second kappa shape index (κ2) is 14.0.